The Morgan fingerprint density at radius 2 is 2.08 bits per heavy atom. The number of benzene rings is 1. The van der Waals surface area contributed by atoms with Crippen molar-refractivity contribution < 1.29 is 13.0 Å². The van der Waals surface area contributed by atoms with Gasteiger partial charge < -0.3 is 5.73 Å². The van der Waals surface area contributed by atoms with E-state index in [9.17, 15) is 8.42 Å². The van der Waals surface area contributed by atoms with E-state index in [1.807, 2.05) is 0 Å². The summed E-state index contributed by atoms with van der Waals surface area (Å²) in [4.78, 5) is -0.123. The smallest absolute Gasteiger partial charge is 0.294 e. The molecule has 0 heterocycles. The van der Waals surface area contributed by atoms with Crippen LogP contribution in [0.25, 0.3) is 0 Å². The fraction of sp³-hybridized carbons (Fsp3) is 0.250. The zero-order chi connectivity index (χ0) is 10.1. The maximum absolute atomic E-state index is 10.7. The maximum atomic E-state index is 10.7. The molecule has 1 aromatic carbocycles. The van der Waals surface area contributed by atoms with Crippen LogP contribution in [0.5, 0.6) is 0 Å². The molecule has 0 fully saturated rings. The van der Waals surface area contributed by atoms with Gasteiger partial charge in [0.25, 0.3) is 10.1 Å². The largest absolute Gasteiger partial charge is 0.324 e. The Kier molecular flexibility index (Phi) is 2.70. The molecule has 1 atom stereocenters. The molecule has 0 aliphatic rings. The molecule has 0 amide bonds. The zero-order valence-corrected chi connectivity index (χ0v) is 7.95. The second-order valence-electron chi connectivity index (χ2n) is 2.84. The van der Waals surface area contributed by atoms with Crippen LogP contribution in [0.4, 0.5) is 0 Å². The number of nitrogens with two attached hydrogens (primary N) is 1. The average Bonchev–Trinajstić information content (AvgIpc) is 2.03. The summed E-state index contributed by atoms with van der Waals surface area (Å²) in [5.41, 5.74) is 6.23. The molecular formula is C8H11NO3S. The number of hydrogen-bond acceptors (Lipinski definition) is 3. The van der Waals surface area contributed by atoms with Gasteiger partial charge in [-0.15, -0.1) is 0 Å². The predicted octanol–water partition coefficient (Wildman–Crippen LogP) is 0.953. The molecule has 0 saturated carbocycles. The molecule has 0 aliphatic heterocycles. The summed E-state index contributed by atoms with van der Waals surface area (Å²) in [6.07, 6.45) is 0. The molecule has 0 aliphatic carbocycles. The Hall–Kier alpha value is -0.910. The molecule has 72 valence electrons. The van der Waals surface area contributed by atoms with Gasteiger partial charge in [-0.1, -0.05) is 12.1 Å². The molecule has 5 heteroatoms. The highest BCUT2D eigenvalue weighted by atomic mass is 32.2. The summed E-state index contributed by atoms with van der Waals surface area (Å²) >= 11 is 0. The van der Waals surface area contributed by atoms with E-state index in [1.54, 1.807) is 19.1 Å². The Balaban J connectivity index is 3.21. The Bertz CT molecular complexity index is 398. The van der Waals surface area contributed by atoms with E-state index < -0.39 is 10.1 Å². The van der Waals surface area contributed by atoms with Crippen molar-refractivity contribution in [2.45, 2.75) is 17.9 Å². The van der Waals surface area contributed by atoms with Crippen LogP contribution in [0, 0.1) is 0 Å². The van der Waals surface area contributed by atoms with Crippen LogP contribution in [-0.2, 0) is 10.1 Å². The van der Waals surface area contributed by atoms with E-state index in [4.69, 9.17) is 10.3 Å². The topological polar surface area (TPSA) is 80.4 Å². The van der Waals surface area contributed by atoms with Gasteiger partial charge in [0.15, 0.2) is 0 Å². The first-order valence-corrected chi connectivity index (χ1v) is 5.18. The van der Waals surface area contributed by atoms with Gasteiger partial charge in [-0.3, -0.25) is 4.55 Å². The van der Waals surface area contributed by atoms with E-state index in [1.165, 1.54) is 12.1 Å². The number of hydrogen-bond donors (Lipinski definition) is 2. The molecule has 0 unspecified atom stereocenters. The van der Waals surface area contributed by atoms with Crippen LogP contribution in [0.3, 0.4) is 0 Å². The molecule has 0 spiro atoms. The summed E-state index contributed by atoms with van der Waals surface area (Å²) in [6.45, 7) is 1.74. The number of rotatable bonds is 2. The van der Waals surface area contributed by atoms with Gasteiger partial charge >= 0.3 is 0 Å². The SMILES string of the molecule is C[C@H](N)c1cccc(S(=O)(=O)O)c1. The molecule has 0 bridgehead atoms. The van der Waals surface area contributed by atoms with Gasteiger partial charge in [0.1, 0.15) is 0 Å². The Morgan fingerprint density at radius 3 is 2.54 bits per heavy atom. The van der Waals surface area contributed by atoms with Crippen molar-refractivity contribution in [3.05, 3.63) is 29.8 Å². The van der Waals surface area contributed by atoms with Gasteiger partial charge in [0, 0.05) is 6.04 Å². The molecule has 4 nitrogen and oxygen atoms in total. The molecule has 0 aromatic heterocycles. The van der Waals surface area contributed by atoms with Crippen LogP contribution in [0.15, 0.2) is 29.2 Å². The fourth-order valence-corrected chi connectivity index (χ4v) is 1.49. The summed E-state index contributed by atoms with van der Waals surface area (Å²) < 4.78 is 30.2. The van der Waals surface area contributed by atoms with Gasteiger partial charge in [-0.05, 0) is 24.6 Å². The molecular weight excluding hydrogens is 190 g/mol. The second-order valence-corrected chi connectivity index (χ2v) is 4.26. The third-order valence-corrected chi connectivity index (χ3v) is 2.53. The highest BCUT2D eigenvalue weighted by Gasteiger charge is 2.10. The third kappa shape index (κ3) is 2.51. The summed E-state index contributed by atoms with van der Waals surface area (Å²) in [7, 11) is -4.11. The van der Waals surface area contributed by atoms with E-state index in [0.717, 1.165) is 0 Å². The van der Waals surface area contributed by atoms with Crippen molar-refractivity contribution in [3.8, 4) is 0 Å². The van der Waals surface area contributed by atoms with E-state index in [0.29, 0.717) is 5.56 Å². The van der Waals surface area contributed by atoms with Crippen LogP contribution >= 0.6 is 0 Å². The first-order chi connectivity index (χ1) is 5.91. The summed E-state index contributed by atoms with van der Waals surface area (Å²) in [5.74, 6) is 0. The normalized spacial score (nSPS) is 14.1. The summed E-state index contributed by atoms with van der Waals surface area (Å²) in [6, 6.07) is 5.68. The molecule has 1 rings (SSSR count). The molecule has 0 radical (unpaired) electrons. The molecule has 1 aromatic rings. The summed E-state index contributed by atoms with van der Waals surface area (Å²) in [5, 5.41) is 0. The minimum Gasteiger partial charge on any atom is -0.324 e. The van der Waals surface area contributed by atoms with Gasteiger partial charge in [0.2, 0.25) is 0 Å². The van der Waals surface area contributed by atoms with E-state index in [-0.39, 0.29) is 10.9 Å². The lowest BCUT2D eigenvalue weighted by molar-refractivity contribution is 0.483. The maximum Gasteiger partial charge on any atom is 0.294 e. The van der Waals surface area contributed by atoms with Crippen LogP contribution in [0.1, 0.15) is 18.5 Å². The molecule has 13 heavy (non-hydrogen) atoms. The lowest BCUT2D eigenvalue weighted by Crippen LogP contribution is -2.06. The third-order valence-electron chi connectivity index (χ3n) is 1.68. The van der Waals surface area contributed by atoms with Crippen LogP contribution < -0.4 is 5.73 Å². The van der Waals surface area contributed by atoms with Crippen molar-refractivity contribution in [2.24, 2.45) is 5.73 Å². The first-order valence-electron chi connectivity index (χ1n) is 3.74. The van der Waals surface area contributed by atoms with Gasteiger partial charge in [0.05, 0.1) is 4.90 Å². The predicted molar refractivity (Wildman–Crippen MR) is 48.9 cm³/mol. The van der Waals surface area contributed by atoms with Crippen molar-refractivity contribution in [2.75, 3.05) is 0 Å². The van der Waals surface area contributed by atoms with E-state index in [2.05, 4.69) is 0 Å². The van der Waals surface area contributed by atoms with Crippen molar-refractivity contribution in [3.63, 3.8) is 0 Å². The molecule has 0 saturated heterocycles. The van der Waals surface area contributed by atoms with Crippen LogP contribution in [0.2, 0.25) is 0 Å². The lowest BCUT2D eigenvalue weighted by Gasteiger charge is -2.05. The standard InChI is InChI=1S/C8H11NO3S/c1-6(9)7-3-2-4-8(5-7)13(10,11)12/h2-6H,9H2,1H3,(H,10,11,12)/t6-/m0/s1. The van der Waals surface area contributed by atoms with Crippen molar-refractivity contribution in [1.82, 2.24) is 0 Å². The van der Waals surface area contributed by atoms with Gasteiger partial charge in [-0.2, -0.15) is 8.42 Å². The van der Waals surface area contributed by atoms with E-state index >= 15 is 0 Å². The minimum atomic E-state index is -4.11. The average molecular weight is 201 g/mol. The van der Waals surface area contributed by atoms with Crippen molar-refractivity contribution >= 4 is 10.1 Å². The molecule has 3 N–H and O–H groups in total. The zero-order valence-electron chi connectivity index (χ0n) is 7.14. The second kappa shape index (κ2) is 3.45. The van der Waals surface area contributed by atoms with Crippen LogP contribution in [-0.4, -0.2) is 13.0 Å². The Morgan fingerprint density at radius 1 is 1.46 bits per heavy atom. The first kappa shape index (κ1) is 10.2. The van der Waals surface area contributed by atoms with Gasteiger partial charge in [-0.25, -0.2) is 0 Å². The monoisotopic (exact) mass is 201 g/mol. The minimum absolute atomic E-state index is 0.123. The van der Waals surface area contributed by atoms with Crippen molar-refractivity contribution in [1.29, 1.82) is 0 Å². The lowest BCUT2D eigenvalue weighted by atomic mass is 10.1. The highest BCUT2D eigenvalue weighted by molar-refractivity contribution is 7.85. The Labute approximate surface area is 77.1 Å². The highest BCUT2D eigenvalue weighted by Crippen LogP contribution is 2.15. The quantitative estimate of drug-likeness (QED) is 0.698. The fourth-order valence-electron chi connectivity index (χ4n) is 0.958.